The van der Waals surface area contributed by atoms with Crippen LogP contribution >= 0.6 is 0 Å². The molecule has 10 radical (unpaired) electrons. The Labute approximate surface area is 252 Å². The maximum atomic E-state index is 5.33. The van der Waals surface area contributed by atoms with E-state index in [4.69, 9.17) is 9.47 Å². The third-order valence-corrected chi connectivity index (χ3v) is 7.84. The fourth-order valence-corrected chi connectivity index (χ4v) is 5.77. The minimum atomic E-state index is 0. The topological polar surface area (TPSA) is 49.0 Å². The van der Waals surface area contributed by atoms with Crippen LogP contribution in [0.1, 0.15) is 67.2 Å². The number of nitrogens with one attached hydrogen (secondary N) is 2. The molecule has 4 atom stereocenters. The van der Waals surface area contributed by atoms with Crippen LogP contribution in [0.5, 0.6) is 0 Å². The average Bonchev–Trinajstić information content (AvgIpc) is 3.64. The molecule has 4 rings (SSSR count). The summed E-state index contributed by atoms with van der Waals surface area (Å²) in [4.78, 5) is 0. The molecule has 0 unspecified atom stereocenters. The molecule has 2 heterocycles. The molecular formula is C32H54FeN4O2+2. The first-order chi connectivity index (χ1) is 18.0. The zero-order valence-corrected chi connectivity index (χ0v) is 26.8. The molecule has 0 bridgehead atoms. The molecule has 2 saturated carbocycles. The Morgan fingerprint density at radius 2 is 1.03 bits per heavy atom. The minimum Gasteiger partial charge on any atom is -0.383 e. The Morgan fingerprint density at radius 1 is 0.692 bits per heavy atom. The van der Waals surface area contributed by atoms with Gasteiger partial charge in [0, 0.05) is 63.3 Å². The number of methoxy groups -OCH3 is 2. The maximum absolute atomic E-state index is 5.33. The molecule has 0 aromatic rings. The van der Waals surface area contributed by atoms with E-state index < -0.39 is 0 Å². The standard InChI is InChI=1S/2C16H27N2O.Fe/c2*1-16(2,3)15(13-8-5-6-9-13)17-18-11-7-10-14(18)12-19-4;/h2*5-6,8-9,14-15,17H,7,10-12H2,1-4H3;/q;;+2/t2*14-,15-;/m00./s1. The number of hydrogen-bond acceptors (Lipinski definition) is 6. The van der Waals surface area contributed by atoms with Crippen LogP contribution in [0.3, 0.4) is 0 Å². The van der Waals surface area contributed by atoms with E-state index in [-0.39, 0.29) is 27.9 Å². The third kappa shape index (κ3) is 10.8. The van der Waals surface area contributed by atoms with Crippen molar-refractivity contribution >= 4 is 0 Å². The first kappa shape index (κ1) is 35.5. The van der Waals surface area contributed by atoms with Gasteiger partial charge in [-0.2, -0.15) is 0 Å². The normalized spacial score (nSPS) is 27.4. The number of hydrazine groups is 2. The van der Waals surface area contributed by atoms with E-state index in [2.05, 4.69) is 114 Å². The largest absolute Gasteiger partial charge is 2.00 e. The van der Waals surface area contributed by atoms with Gasteiger partial charge in [0.05, 0.1) is 13.2 Å². The maximum Gasteiger partial charge on any atom is 2.00 e. The van der Waals surface area contributed by atoms with Crippen LogP contribution in [0.4, 0.5) is 0 Å². The van der Waals surface area contributed by atoms with E-state index in [1.165, 1.54) is 37.5 Å². The summed E-state index contributed by atoms with van der Waals surface area (Å²) >= 11 is 0. The SMILES string of the molecule is COC[C@@H]1CCCN1N[C@@H]([C]1[CH][CH][CH][CH]1)C(C)(C)C.COC[C@@H]1CCCN1N[C@@H]([C]1[CH][CH][CH][CH]1)C(C)(C)C.[Fe+2]. The van der Waals surface area contributed by atoms with Crippen molar-refractivity contribution in [2.75, 3.05) is 40.5 Å². The van der Waals surface area contributed by atoms with Crippen molar-refractivity contribution in [3.63, 3.8) is 0 Å². The summed E-state index contributed by atoms with van der Waals surface area (Å²) in [5, 5.41) is 4.76. The van der Waals surface area contributed by atoms with E-state index in [9.17, 15) is 0 Å². The van der Waals surface area contributed by atoms with Gasteiger partial charge < -0.3 is 9.47 Å². The van der Waals surface area contributed by atoms with E-state index in [1.54, 1.807) is 14.2 Å². The van der Waals surface area contributed by atoms with Gasteiger partial charge >= 0.3 is 17.1 Å². The molecule has 2 aliphatic heterocycles. The van der Waals surface area contributed by atoms with Crippen LogP contribution < -0.4 is 10.9 Å². The van der Waals surface area contributed by atoms with Crippen LogP contribution in [0.25, 0.3) is 0 Å². The summed E-state index contributed by atoms with van der Waals surface area (Å²) in [5.41, 5.74) is 7.87. The average molecular weight is 583 g/mol. The number of hydrogen-bond donors (Lipinski definition) is 2. The molecule has 0 amide bonds. The fourth-order valence-electron chi connectivity index (χ4n) is 5.77. The second kappa shape index (κ2) is 16.8. The molecule has 2 saturated heterocycles. The summed E-state index contributed by atoms with van der Waals surface area (Å²) in [6.45, 7) is 17.6. The monoisotopic (exact) mass is 582 g/mol. The molecule has 0 spiro atoms. The fraction of sp³-hybridized carbons (Fsp3) is 0.688. The predicted molar refractivity (Wildman–Crippen MR) is 157 cm³/mol. The van der Waals surface area contributed by atoms with Gasteiger partial charge in [0.25, 0.3) is 0 Å². The molecule has 39 heavy (non-hydrogen) atoms. The predicted octanol–water partition coefficient (Wildman–Crippen LogP) is 4.84. The summed E-state index contributed by atoms with van der Waals surface area (Å²) in [7, 11) is 3.57. The van der Waals surface area contributed by atoms with Gasteiger partial charge in [0.2, 0.25) is 0 Å². The molecule has 4 fully saturated rings. The van der Waals surface area contributed by atoms with E-state index >= 15 is 0 Å². The van der Waals surface area contributed by atoms with E-state index in [0.29, 0.717) is 24.2 Å². The number of ether oxygens (including phenoxy) is 2. The molecule has 7 heteroatoms. The Hall–Kier alpha value is 0.279. The van der Waals surface area contributed by atoms with Crippen molar-refractivity contribution in [2.45, 2.75) is 91.4 Å². The molecule has 4 aliphatic rings. The molecule has 2 aliphatic carbocycles. The molecule has 0 aromatic carbocycles. The second-order valence-electron chi connectivity index (χ2n) is 13.2. The molecule has 6 nitrogen and oxygen atoms in total. The van der Waals surface area contributed by atoms with Gasteiger partial charge in [-0.3, -0.25) is 10.9 Å². The second-order valence-corrected chi connectivity index (χ2v) is 13.2. The van der Waals surface area contributed by atoms with Gasteiger partial charge in [-0.25, -0.2) is 10.0 Å². The molecular weight excluding hydrogens is 528 g/mol. The van der Waals surface area contributed by atoms with Crippen molar-refractivity contribution in [3.05, 3.63) is 63.2 Å². The van der Waals surface area contributed by atoms with Gasteiger partial charge in [-0.1, -0.05) is 41.5 Å². The smallest absolute Gasteiger partial charge is 0.383 e. The first-order valence-corrected chi connectivity index (χ1v) is 14.5. The molecule has 220 valence electrons. The van der Waals surface area contributed by atoms with Crippen molar-refractivity contribution in [1.29, 1.82) is 0 Å². The van der Waals surface area contributed by atoms with Crippen LogP contribution in [0.15, 0.2) is 0 Å². The number of rotatable bonds is 10. The van der Waals surface area contributed by atoms with Crippen molar-refractivity contribution in [2.24, 2.45) is 10.8 Å². The summed E-state index contributed by atoms with van der Waals surface area (Å²) in [6.07, 6.45) is 22.3. The Balaban J connectivity index is 0.000000267. The van der Waals surface area contributed by atoms with Crippen LogP contribution in [0, 0.1) is 74.0 Å². The molecule has 2 N–H and O–H groups in total. The zero-order valence-electron chi connectivity index (χ0n) is 25.6. The van der Waals surface area contributed by atoms with E-state index in [0.717, 1.165) is 26.3 Å². The Morgan fingerprint density at radius 3 is 1.31 bits per heavy atom. The van der Waals surface area contributed by atoms with Gasteiger partial charge in [0.15, 0.2) is 0 Å². The molecule has 0 aromatic heterocycles. The van der Waals surface area contributed by atoms with Gasteiger partial charge in [-0.15, -0.1) is 0 Å². The summed E-state index contributed by atoms with van der Waals surface area (Å²) < 4.78 is 10.7. The minimum absolute atomic E-state index is 0. The number of nitrogens with zero attached hydrogens (tertiary/aromatic N) is 2. The van der Waals surface area contributed by atoms with Crippen molar-refractivity contribution in [3.8, 4) is 0 Å². The zero-order chi connectivity index (χ0) is 27.8. The van der Waals surface area contributed by atoms with Crippen LogP contribution in [0.2, 0.25) is 0 Å². The third-order valence-electron chi connectivity index (χ3n) is 7.84. The van der Waals surface area contributed by atoms with Crippen LogP contribution in [-0.4, -0.2) is 74.7 Å². The summed E-state index contributed by atoms with van der Waals surface area (Å²) in [6, 6.07) is 1.70. The van der Waals surface area contributed by atoms with Crippen LogP contribution in [-0.2, 0) is 26.5 Å². The first-order valence-electron chi connectivity index (χ1n) is 14.5. The van der Waals surface area contributed by atoms with Gasteiger partial charge in [0.1, 0.15) is 0 Å². The van der Waals surface area contributed by atoms with Gasteiger partial charge in [-0.05, 0) is 87.9 Å². The Kier molecular flexibility index (Phi) is 15.3. The van der Waals surface area contributed by atoms with Crippen molar-refractivity contribution in [1.82, 2.24) is 20.9 Å². The quantitative estimate of drug-likeness (QED) is 0.360. The summed E-state index contributed by atoms with van der Waals surface area (Å²) in [5.74, 6) is 2.74. The van der Waals surface area contributed by atoms with Crippen molar-refractivity contribution < 1.29 is 26.5 Å². The Bertz CT molecular complexity index is 600. The van der Waals surface area contributed by atoms with E-state index in [1.807, 2.05) is 0 Å².